The van der Waals surface area contributed by atoms with Gasteiger partial charge in [-0.05, 0) is 54.7 Å². The highest BCUT2D eigenvalue weighted by molar-refractivity contribution is 5.87. The number of ether oxygens (including phenoxy) is 1. The number of benzene rings is 2. The van der Waals surface area contributed by atoms with Crippen LogP contribution in [0.2, 0.25) is 0 Å². The lowest BCUT2D eigenvalue weighted by Gasteiger charge is -2.15. The van der Waals surface area contributed by atoms with Crippen molar-refractivity contribution in [1.82, 2.24) is 0 Å². The Morgan fingerprint density at radius 2 is 1.44 bits per heavy atom. The van der Waals surface area contributed by atoms with Gasteiger partial charge in [0.25, 0.3) is 0 Å². The SMILES string of the molecule is CCCCCCCCCCCCc1cc(C)c(OCc2ccc(C(=O)O)cc2)c(CO)c1. The van der Waals surface area contributed by atoms with Crippen LogP contribution >= 0.6 is 0 Å². The second kappa shape index (κ2) is 14.7. The maximum Gasteiger partial charge on any atom is 0.335 e. The van der Waals surface area contributed by atoms with Crippen LogP contribution in [0.25, 0.3) is 0 Å². The third kappa shape index (κ3) is 9.04. The van der Waals surface area contributed by atoms with Gasteiger partial charge in [0.05, 0.1) is 12.2 Å². The topological polar surface area (TPSA) is 66.8 Å². The molecule has 0 spiro atoms. The molecule has 0 bridgehead atoms. The molecule has 0 unspecified atom stereocenters. The molecule has 32 heavy (non-hydrogen) atoms. The minimum absolute atomic E-state index is 0.0556. The van der Waals surface area contributed by atoms with Crippen molar-refractivity contribution < 1.29 is 19.7 Å². The number of aromatic carboxylic acids is 1. The maximum absolute atomic E-state index is 11.0. The molecule has 2 aromatic rings. The van der Waals surface area contributed by atoms with E-state index in [4.69, 9.17) is 9.84 Å². The number of rotatable bonds is 16. The van der Waals surface area contributed by atoms with Gasteiger partial charge in [-0.2, -0.15) is 0 Å². The molecule has 0 aromatic heterocycles. The van der Waals surface area contributed by atoms with Gasteiger partial charge in [-0.1, -0.05) is 82.9 Å². The summed E-state index contributed by atoms with van der Waals surface area (Å²) in [7, 11) is 0. The lowest BCUT2D eigenvalue weighted by molar-refractivity contribution is 0.0697. The van der Waals surface area contributed by atoms with Gasteiger partial charge in [-0.15, -0.1) is 0 Å². The highest BCUT2D eigenvalue weighted by Crippen LogP contribution is 2.28. The van der Waals surface area contributed by atoms with E-state index in [1.54, 1.807) is 24.3 Å². The molecule has 0 saturated carbocycles. The summed E-state index contributed by atoms with van der Waals surface area (Å²) >= 11 is 0. The van der Waals surface area contributed by atoms with Crippen LogP contribution in [0, 0.1) is 6.92 Å². The first-order valence-electron chi connectivity index (χ1n) is 12.2. The fraction of sp³-hybridized carbons (Fsp3) is 0.536. The Bertz CT molecular complexity index is 811. The largest absolute Gasteiger partial charge is 0.488 e. The summed E-state index contributed by atoms with van der Waals surface area (Å²) in [5.74, 6) is -0.212. The summed E-state index contributed by atoms with van der Waals surface area (Å²) in [6.07, 6.45) is 14.3. The first kappa shape index (κ1) is 25.9. The van der Waals surface area contributed by atoms with Gasteiger partial charge < -0.3 is 14.9 Å². The van der Waals surface area contributed by atoms with Crippen molar-refractivity contribution >= 4 is 5.97 Å². The predicted molar refractivity (Wildman–Crippen MR) is 130 cm³/mol. The summed E-state index contributed by atoms with van der Waals surface area (Å²) in [5.41, 5.74) is 4.25. The molecule has 0 saturated heterocycles. The molecule has 2 rings (SSSR count). The molecule has 0 aliphatic carbocycles. The number of hydrogen-bond acceptors (Lipinski definition) is 3. The van der Waals surface area contributed by atoms with Crippen molar-refractivity contribution in [2.75, 3.05) is 0 Å². The Hall–Kier alpha value is -2.33. The molecule has 0 heterocycles. The molecule has 0 atom stereocenters. The van der Waals surface area contributed by atoms with E-state index < -0.39 is 5.97 Å². The van der Waals surface area contributed by atoms with Crippen molar-refractivity contribution in [2.45, 2.75) is 97.7 Å². The number of carbonyl (C=O) groups is 1. The van der Waals surface area contributed by atoms with Crippen LogP contribution in [0.15, 0.2) is 36.4 Å². The number of unbranched alkanes of at least 4 members (excludes halogenated alkanes) is 9. The van der Waals surface area contributed by atoms with E-state index in [1.807, 2.05) is 6.92 Å². The normalized spacial score (nSPS) is 11.0. The van der Waals surface area contributed by atoms with Gasteiger partial charge in [0.15, 0.2) is 0 Å². The number of aryl methyl sites for hydroxylation is 2. The minimum atomic E-state index is -0.936. The van der Waals surface area contributed by atoms with Gasteiger partial charge >= 0.3 is 5.97 Å². The van der Waals surface area contributed by atoms with Crippen LogP contribution in [0.3, 0.4) is 0 Å². The fourth-order valence-corrected chi connectivity index (χ4v) is 4.11. The highest BCUT2D eigenvalue weighted by atomic mass is 16.5. The number of aliphatic hydroxyl groups is 1. The van der Waals surface area contributed by atoms with E-state index in [-0.39, 0.29) is 12.2 Å². The van der Waals surface area contributed by atoms with E-state index in [0.29, 0.717) is 6.61 Å². The molecule has 2 aromatic carbocycles. The molecule has 0 aliphatic rings. The summed E-state index contributed by atoms with van der Waals surface area (Å²) in [4.78, 5) is 11.0. The predicted octanol–water partition coefficient (Wildman–Crippen LogP) is 7.23. The van der Waals surface area contributed by atoms with Gasteiger partial charge in [-0.3, -0.25) is 0 Å². The summed E-state index contributed by atoms with van der Waals surface area (Å²) < 4.78 is 6.00. The Morgan fingerprint density at radius 3 is 2.00 bits per heavy atom. The lowest BCUT2D eigenvalue weighted by atomic mass is 9.99. The standard InChI is InChI=1S/C28H40O4/c1-3-4-5-6-7-8-9-10-11-12-13-24-18-22(2)27(26(19-24)20-29)32-21-23-14-16-25(17-15-23)28(30)31/h14-19,29H,3-13,20-21H2,1-2H3,(H,30,31). The van der Waals surface area contributed by atoms with Crippen LogP contribution in [0.5, 0.6) is 5.75 Å². The monoisotopic (exact) mass is 440 g/mol. The number of aliphatic hydroxyl groups excluding tert-OH is 1. The van der Waals surface area contributed by atoms with Crippen molar-refractivity contribution in [3.05, 3.63) is 64.2 Å². The van der Waals surface area contributed by atoms with Gasteiger partial charge in [0.2, 0.25) is 0 Å². The van der Waals surface area contributed by atoms with E-state index >= 15 is 0 Å². The quantitative estimate of drug-likeness (QED) is 0.270. The highest BCUT2D eigenvalue weighted by Gasteiger charge is 2.10. The Kier molecular flexibility index (Phi) is 11.9. The van der Waals surface area contributed by atoms with E-state index in [0.717, 1.165) is 28.9 Å². The average molecular weight is 441 g/mol. The lowest BCUT2D eigenvalue weighted by Crippen LogP contribution is -2.03. The molecule has 0 amide bonds. The van der Waals surface area contributed by atoms with Crippen LogP contribution in [-0.2, 0) is 19.6 Å². The van der Waals surface area contributed by atoms with E-state index in [2.05, 4.69) is 19.1 Å². The third-order valence-electron chi connectivity index (χ3n) is 5.98. The molecule has 0 aliphatic heterocycles. The van der Waals surface area contributed by atoms with E-state index in [1.165, 1.54) is 69.8 Å². The van der Waals surface area contributed by atoms with Crippen molar-refractivity contribution in [3.8, 4) is 5.75 Å². The first-order valence-corrected chi connectivity index (χ1v) is 12.2. The molecular formula is C28H40O4. The zero-order valence-electron chi connectivity index (χ0n) is 19.9. The zero-order chi connectivity index (χ0) is 23.2. The summed E-state index contributed by atoms with van der Waals surface area (Å²) in [5, 5.41) is 18.9. The van der Waals surface area contributed by atoms with Crippen molar-refractivity contribution in [1.29, 1.82) is 0 Å². The summed E-state index contributed by atoms with van der Waals surface area (Å²) in [6, 6.07) is 10.9. The summed E-state index contributed by atoms with van der Waals surface area (Å²) in [6.45, 7) is 4.56. The third-order valence-corrected chi connectivity index (χ3v) is 5.98. The fourth-order valence-electron chi connectivity index (χ4n) is 4.11. The Labute approximate surface area is 193 Å². The van der Waals surface area contributed by atoms with E-state index in [9.17, 15) is 9.90 Å². The second-order valence-electron chi connectivity index (χ2n) is 8.78. The van der Waals surface area contributed by atoms with Crippen LogP contribution < -0.4 is 4.74 Å². The molecule has 0 fully saturated rings. The Morgan fingerprint density at radius 1 is 0.844 bits per heavy atom. The molecule has 4 heteroatoms. The van der Waals surface area contributed by atoms with Crippen LogP contribution in [-0.4, -0.2) is 16.2 Å². The average Bonchev–Trinajstić information content (AvgIpc) is 2.79. The van der Waals surface area contributed by atoms with Gasteiger partial charge in [0, 0.05) is 5.56 Å². The van der Waals surface area contributed by atoms with Crippen LogP contribution in [0.1, 0.15) is 104 Å². The van der Waals surface area contributed by atoms with Gasteiger partial charge in [0.1, 0.15) is 12.4 Å². The van der Waals surface area contributed by atoms with Crippen LogP contribution in [0.4, 0.5) is 0 Å². The molecule has 176 valence electrons. The zero-order valence-corrected chi connectivity index (χ0v) is 19.9. The van der Waals surface area contributed by atoms with Gasteiger partial charge in [-0.25, -0.2) is 4.79 Å². The Balaban J connectivity index is 1.77. The molecule has 2 N–H and O–H groups in total. The number of hydrogen-bond donors (Lipinski definition) is 2. The molecular weight excluding hydrogens is 400 g/mol. The minimum Gasteiger partial charge on any atom is -0.488 e. The molecule has 4 nitrogen and oxygen atoms in total. The smallest absolute Gasteiger partial charge is 0.335 e. The first-order chi connectivity index (χ1) is 15.5. The number of carboxylic acid groups (broad SMARTS) is 1. The molecule has 0 radical (unpaired) electrons. The number of carboxylic acids is 1. The van der Waals surface area contributed by atoms with Crippen molar-refractivity contribution in [3.63, 3.8) is 0 Å². The second-order valence-corrected chi connectivity index (χ2v) is 8.78. The van der Waals surface area contributed by atoms with Crippen molar-refractivity contribution in [2.24, 2.45) is 0 Å². The maximum atomic E-state index is 11.0.